The first kappa shape index (κ1) is 37.3. The zero-order chi connectivity index (χ0) is 33.9. The number of ether oxygens (including phenoxy) is 1. The van der Waals surface area contributed by atoms with Crippen molar-refractivity contribution in [3.05, 3.63) is 63.0 Å². The van der Waals surface area contributed by atoms with Gasteiger partial charge in [0, 0.05) is 25.3 Å². The number of amides is 3. The number of nitrogens with zero attached hydrogens (tertiary/aromatic N) is 1. The molecule has 1 aliphatic rings. The highest BCUT2D eigenvalue weighted by atomic mass is 32.2. The molecule has 1 aromatic carbocycles. The van der Waals surface area contributed by atoms with Gasteiger partial charge in [-0.15, -0.1) is 11.3 Å². The van der Waals surface area contributed by atoms with E-state index in [1.807, 2.05) is 45.0 Å². The first-order valence-electron chi connectivity index (χ1n) is 15.8. The fourth-order valence-electron chi connectivity index (χ4n) is 5.59. The summed E-state index contributed by atoms with van der Waals surface area (Å²) in [5, 5.41) is 10.6. The van der Waals surface area contributed by atoms with Crippen molar-refractivity contribution in [2.45, 2.75) is 96.5 Å². The largest absolute Gasteiger partial charge is 0.381 e. The SMILES string of the molecule is COC1CCC(C[C@H](NC(=O)c2cnc(C)s2)C(=O)N[C@@H](CC(C)C)C(=O)N[C@H](/C=C/S(C)(=O)=O)Cc2ccc(CN)cc2)CC1. The number of thiazole rings is 1. The van der Waals surface area contributed by atoms with Crippen molar-refractivity contribution in [1.82, 2.24) is 20.9 Å². The fourth-order valence-corrected chi connectivity index (χ4v) is 6.75. The van der Waals surface area contributed by atoms with Crippen LogP contribution in [0.25, 0.3) is 0 Å². The summed E-state index contributed by atoms with van der Waals surface area (Å²) in [6.07, 6.45) is 8.85. The minimum atomic E-state index is -3.45. The van der Waals surface area contributed by atoms with Gasteiger partial charge in [0.05, 0.1) is 23.4 Å². The van der Waals surface area contributed by atoms with Gasteiger partial charge in [-0.1, -0.05) is 44.2 Å². The van der Waals surface area contributed by atoms with Gasteiger partial charge in [-0.2, -0.15) is 0 Å². The number of hydrogen-bond acceptors (Lipinski definition) is 9. The minimum Gasteiger partial charge on any atom is -0.381 e. The van der Waals surface area contributed by atoms with Crippen LogP contribution < -0.4 is 21.7 Å². The van der Waals surface area contributed by atoms with Crippen molar-refractivity contribution in [3.8, 4) is 0 Å². The van der Waals surface area contributed by atoms with Gasteiger partial charge in [-0.25, -0.2) is 13.4 Å². The van der Waals surface area contributed by atoms with E-state index in [1.54, 1.807) is 7.11 Å². The third kappa shape index (κ3) is 12.6. The number of aryl methyl sites for hydroxylation is 1. The van der Waals surface area contributed by atoms with Crippen LogP contribution in [-0.2, 0) is 37.1 Å². The van der Waals surface area contributed by atoms with Gasteiger partial charge in [-0.05, 0) is 74.8 Å². The van der Waals surface area contributed by atoms with E-state index in [4.69, 9.17) is 10.5 Å². The van der Waals surface area contributed by atoms with E-state index in [0.717, 1.165) is 53.5 Å². The number of rotatable bonds is 16. The second kappa shape index (κ2) is 17.7. The molecule has 3 rings (SSSR count). The number of nitrogens with two attached hydrogens (primary N) is 1. The number of carbonyl (C=O) groups is 3. The number of aromatic nitrogens is 1. The summed E-state index contributed by atoms with van der Waals surface area (Å²) in [5.74, 6) is -0.994. The predicted molar refractivity (Wildman–Crippen MR) is 181 cm³/mol. The Labute approximate surface area is 277 Å². The molecule has 0 radical (unpaired) electrons. The Balaban J connectivity index is 1.80. The van der Waals surface area contributed by atoms with Gasteiger partial charge >= 0.3 is 0 Å². The Kier molecular flexibility index (Phi) is 14.4. The smallest absolute Gasteiger partial charge is 0.263 e. The van der Waals surface area contributed by atoms with Crippen LogP contribution in [0, 0.1) is 18.8 Å². The van der Waals surface area contributed by atoms with E-state index in [-0.39, 0.29) is 23.8 Å². The molecule has 5 N–H and O–H groups in total. The molecule has 46 heavy (non-hydrogen) atoms. The maximum atomic E-state index is 13.9. The summed E-state index contributed by atoms with van der Waals surface area (Å²) in [6.45, 7) is 6.10. The Hall–Kier alpha value is -3.13. The van der Waals surface area contributed by atoms with Crippen LogP contribution in [-0.4, -0.2) is 68.7 Å². The lowest BCUT2D eigenvalue weighted by molar-refractivity contribution is -0.130. The van der Waals surface area contributed by atoms with E-state index < -0.39 is 39.8 Å². The number of nitrogens with one attached hydrogen (secondary N) is 3. The molecule has 1 aliphatic carbocycles. The molecule has 1 aromatic heterocycles. The molecule has 1 heterocycles. The van der Waals surface area contributed by atoms with Crippen LogP contribution in [0.1, 0.15) is 78.2 Å². The minimum absolute atomic E-state index is 0.0578. The summed E-state index contributed by atoms with van der Waals surface area (Å²) in [5.41, 5.74) is 7.55. The maximum Gasteiger partial charge on any atom is 0.263 e. The molecule has 0 unspecified atom stereocenters. The van der Waals surface area contributed by atoms with Gasteiger partial charge in [0.2, 0.25) is 11.8 Å². The van der Waals surface area contributed by atoms with Crippen LogP contribution in [0.15, 0.2) is 41.9 Å². The highest BCUT2D eigenvalue weighted by Crippen LogP contribution is 2.29. The molecule has 0 spiro atoms. The molecule has 3 atom stereocenters. The maximum absolute atomic E-state index is 13.9. The topological polar surface area (TPSA) is 170 Å². The van der Waals surface area contributed by atoms with Crippen LogP contribution in [0.5, 0.6) is 0 Å². The van der Waals surface area contributed by atoms with Crippen LogP contribution >= 0.6 is 11.3 Å². The Morgan fingerprint density at radius 3 is 2.20 bits per heavy atom. The molecule has 2 aromatic rings. The van der Waals surface area contributed by atoms with Crippen molar-refractivity contribution in [3.63, 3.8) is 0 Å². The Bertz CT molecular complexity index is 1430. The zero-order valence-electron chi connectivity index (χ0n) is 27.5. The standard InChI is InChI=1S/C33H49N5O6S2/c1-21(2)16-28(31(39)36-26(14-15-46(5,42)43)17-23-6-8-25(19-34)9-7-23)37-32(40)29(18-24-10-12-27(44-4)13-11-24)38-33(41)30-20-35-22(3)45-30/h6-9,14-15,20-21,24,26-29H,10-13,16-19,34H2,1-5H3,(H,36,39)(H,37,40)(H,38,41)/b15-14+/t24?,26-,27?,28+,29+/m1/s1. The summed E-state index contributed by atoms with van der Waals surface area (Å²) in [7, 11) is -1.74. The van der Waals surface area contributed by atoms with Crippen molar-refractivity contribution in [1.29, 1.82) is 0 Å². The molecule has 0 aliphatic heterocycles. The lowest BCUT2D eigenvalue weighted by atomic mass is 9.83. The van der Waals surface area contributed by atoms with Gasteiger partial charge in [0.25, 0.3) is 5.91 Å². The molecule has 0 saturated heterocycles. The second-order valence-corrected chi connectivity index (χ2v) is 15.7. The first-order valence-corrected chi connectivity index (χ1v) is 18.6. The van der Waals surface area contributed by atoms with E-state index in [2.05, 4.69) is 20.9 Å². The number of hydrogen-bond donors (Lipinski definition) is 4. The third-order valence-electron chi connectivity index (χ3n) is 8.10. The normalized spacial score (nSPS) is 19.0. The van der Waals surface area contributed by atoms with Crippen molar-refractivity contribution < 1.29 is 27.5 Å². The third-order valence-corrected chi connectivity index (χ3v) is 9.67. The summed E-state index contributed by atoms with van der Waals surface area (Å²) < 4.78 is 29.4. The van der Waals surface area contributed by atoms with Gasteiger partial charge in [-0.3, -0.25) is 14.4 Å². The Morgan fingerprint density at radius 1 is 1.02 bits per heavy atom. The van der Waals surface area contributed by atoms with Gasteiger partial charge in [0.15, 0.2) is 9.84 Å². The number of methoxy groups -OCH3 is 1. The van der Waals surface area contributed by atoms with Crippen LogP contribution in [0.3, 0.4) is 0 Å². The van der Waals surface area contributed by atoms with E-state index >= 15 is 0 Å². The predicted octanol–water partition coefficient (Wildman–Crippen LogP) is 3.42. The molecule has 11 nitrogen and oxygen atoms in total. The zero-order valence-corrected chi connectivity index (χ0v) is 29.1. The molecular weight excluding hydrogens is 627 g/mol. The van der Waals surface area contributed by atoms with Gasteiger partial charge < -0.3 is 26.4 Å². The molecule has 1 saturated carbocycles. The summed E-state index contributed by atoms with van der Waals surface area (Å²) in [6, 6.07) is 5.14. The van der Waals surface area contributed by atoms with Crippen LogP contribution in [0.2, 0.25) is 0 Å². The van der Waals surface area contributed by atoms with E-state index in [9.17, 15) is 22.8 Å². The fraction of sp³-hybridized carbons (Fsp3) is 0.576. The lowest BCUT2D eigenvalue weighted by Gasteiger charge is -2.31. The van der Waals surface area contributed by atoms with Crippen molar-refractivity contribution >= 4 is 38.9 Å². The Morgan fingerprint density at radius 2 is 1.65 bits per heavy atom. The average Bonchev–Trinajstić information content (AvgIpc) is 3.45. The van der Waals surface area contributed by atoms with Crippen molar-refractivity contribution in [2.75, 3.05) is 13.4 Å². The molecule has 254 valence electrons. The average molecular weight is 676 g/mol. The number of benzene rings is 1. The van der Waals surface area contributed by atoms with E-state index in [1.165, 1.54) is 23.6 Å². The summed E-state index contributed by atoms with van der Waals surface area (Å²) >= 11 is 1.25. The quantitative estimate of drug-likeness (QED) is 0.210. The number of sulfone groups is 1. The second-order valence-electron chi connectivity index (χ2n) is 12.6. The highest BCUT2D eigenvalue weighted by Gasteiger charge is 2.32. The molecule has 0 bridgehead atoms. The molecule has 1 fully saturated rings. The molecular formula is C33H49N5O6S2. The monoisotopic (exact) mass is 675 g/mol. The summed E-state index contributed by atoms with van der Waals surface area (Å²) in [4.78, 5) is 45.3. The highest BCUT2D eigenvalue weighted by molar-refractivity contribution is 7.93. The number of carbonyl (C=O) groups excluding carboxylic acids is 3. The lowest BCUT2D eigenvalue weighted by Crippen LogP contribution is -2.55. The van der Waals surface area contributed by atoms with Gasteiger partial charge in [0.1, 0.15) is 17.0 Å². The molecule has 13 heteroatoms. The first-order chi connectivity index (χ1) is 21.8. The van der Waals surface area contributed by atoms with Crippen molar-refractivity contribution in [2.24, 2.45) is 17.6 Å². The van der Waals surface area contributed by atoms with Crippen LogP contribution in [0.4, 0.5) is 0 Å². The molecule has 3 amide bonds. The van der Waals surface area contributed by atoms with E-state index in [0.29, 0.717) is 30.7 Å².